The van der Waals surface area contributed by atoms with Crippen LogP contribution in [-0.2, 0) is 10.0 Å². The topological polar surface area (TPSA) is 66.5 Å². The van der Waals surface area contributed by atoms with E-state index in [4.69, 9.17) is 0 Å². The van der Waals surface area contributed by atoms with Crippen LogP contribution in [0, 0.1) is 13.8 Å². The smallest absolute Gasteiger partial charge is 0.261 e. The summed E-state index contributed by atoms with van der Waals surface area (Å²) in [7, 11) is -3.78. The zero-order valence-electron chi connectivity index (χ0n) is 16.5. The molecule has 0 saturated carbocycles. The number of aryl methyl sites for hydroxylation is 2. The van der Waals surface area contributed by atoms with Crippen LogP contribution in [0.15, 0.2) is 47.4 Å². The lowest BCUT2D eigenvalue weighted by Crippen LogP contribution is -2.32. The first-order chi connectivity index (χ1) is 12.8. The molecule has 2 rings (SSSR count). The van der Waals surface area contributed by atoms with Gasteiger partial charge in [-0.25, -0.2) is 8.42 Å². The fourth-order valence-corrected chi connectivity index (χ4v) is 4.05. The molecule has 0 fully saturated rings. The van der Waals surface area contributed by atoms with Gasteiger partial charge in [0.15, 0.2) is 0 Å². The summed E-state index contributed by atoms with van der Waals surface area (Å²) in [6.45, 7) is 9.11. The Morgan fingerprint density at radius 3 is 2.30 bits per heavy atom. The van der Waals surface area contributed by atoms with Crippen LogP contribution in [0.1, 0.15) is 48.2 Å². The Bertz CT molecular complexity index is 901. The normalized spacial score (nSPS) is 11.3. The van der Waals surface area contributed by atoms with Gasteiger partial charge in [-0.05, 0) is 62.1 Å². The van der Waals surface area contributed by atoms with Crippen LogP contribution in [-0.4, -0.2) is 32.3 Å². The van der Waals surface area contributed by atoms with Crippen molar-refractivity contribution in [1.82, 2.24) is 4.90 Å². The Morgan fingerprint density at radius 1 is 1.00 bits per heavy atom. The number of rotatable bonds is 8. The summed E-state index contributed by atoms with van der Waals surface area (Å²) >= 11 is 0. The van der Waals surface area contributed by atoms with Crippen molar-refractivity contribution < 1.29 is 13.2 Å². The number of anilines is 1. The Balaban J connectivity index is 2.32. The molecule has 2 aromatic carbocycles. The van der Waals surface area contributed by atoms with Crippen molar-refractivity contribution in [3.8, 4) is 0 Å². The van der Waals surface area contributed by atoms with Gasteiger partial charge in [0.05, 0.1) is 10.6 Å². The Kier molecular flexibility index (Phi) is 7.02. The zero-order valence-corrected chi connectivity index (χ0v) is 17.3. The SMILES string of the molecule is CCCN(CCC)C(=O)c1cccc(S(=O)(=O)Nc2cc(C)ccc2C)c1. The van der Waals surface area contributed by atoms with E-state index in [-0.39, 0.29) is 10.8 Å². The number of sulfonamides is 1. The summed E-state index contributed by atoms with van der Waals surface area (Å²) in [6.07, 6.45) is 1.72. The molecule has 6 heteroatoms. The van der Waals surface area contributed by atoms with Gasteiger partial charge in [-0.1, -0.05) is 32.0 Å². The van der Waals surface area contributed by atoms with Crippen molar-refractivity contribution >= 4 is 21.6 Å². The van der Waals surface area contributed by atoms with Crippen LogP contribution in [0.4, 0.5) is 5.69 Å². The monoisotopic (exact) mass is 388 g/mol. The van der Waals surface area contributed by atoms with E-state index in [1.54, 1.807) is 23.1 Å². The molecule has 0 bridgehead atoms. The Morgan fingerprint density at radius 2 is 1.67 bits per heavy atom. The van der Waals surface area contributed by atoms with Crippen LogP contribution >= 0.6 is 0 Å². The standard InChI is InChI=1S/C21H28N2O3S/c1-5-12-23(13-6-2)21(24)18-8-7-9-19(15-18)27(25,26)22-20-14-16(3)10-11-17(20)4/h7-11,14-15,22H,5-6,12-13H2,1-4H3. The van der Waals surface area contributed by atoms with E-state index in [1.165, 1.54) is 12.1 Å². The minimum absolute atomic E-state index is 0.0854. The number of hydrogen-bond donors (Lipinski definition) is 1. The Labute approximate surface area is 162 Å². The molecule has 0 radical (unpaired) electrons. The first-order valence-electron chi connectivity index (χ1n) is 9.28. The lowest BCUT2D eigenvalue weighted by Gasteiger charge is -2.21. The van der Waals surface area contributed by atoms with Crippen LogP contribution in [0.3, 0.4) is 0 Å². The highest BCUT2D eigenvalue weighted by Crippen LogP contribution is 2.22. The van der Waals surface area contributed by atoms with Crippen molar-refractivity contribution in [3.63, 3.8) is 0 Å². The molecule has 0 heterocycles. The largest absolute Gasteiger partial charge is 0.339 e. The summed E-state index contributed by atoms with van der Waals surface area (Å²) in [5.41, 5.74) is 2.75. The van der Waals surface area contributed by atoms with E-state index in [9.17, 15) is 13.2 Å². The number of benzene rings is 2. The molecule has 0 aromatic heterocycles. The second-order valence-electron chi connectivity index (χ2n) is 6.74. The molecule has 2 aromatic rings. The molecular weight excluding hydrogens is 360 g/mol. The molecule has 0 atom stereocenters. The average molecular weight is 389 g/mol. The molecule has 146 valence electrons. The van der Waals surface area contributed by atoms with Gasteiger partial charge in [0.25, 0.3) is 15.9 Å². The summed E-state index contributed by atoms with van der Waals surface area (Å²) in [5.74, 6) is -0.137. The molecule has 1 N–H and O–H groups in total. The summed E-state index contributed by atoms with van der Waals surface area (Å²) in [6, 6.07) is 11.8. The maximum absolute atomic E-state index is 12.8. The third-order valence-electron chi connectivity index (χ3n) is 4.30. The third kappa shape index (κ3) is 5.32. The molecule has 0 unspecified atom stereocenters. The van der Waals surface area contributed by atoms with Gasteiger partial charge in [-0.3, -0.25) is 9.52 Å². The molecule has 0 aliphatic rings. The highest BCUT2D eigenvalue weighted by Gasteiger charge is 2.20. The van der Waals surface area contributed by atoms with E-state index in [2.05, 4.69) is 4.72 Å². The fourth-order valence-electron chi connectivity index (χ4n) is 2.88. The van der Waals surface area contributed by atoms with Gasteiger partial charge in [-0.15, -0.1) is 0 Å². The molecule has 0 aliphatic carbocycles. The molecule has 27 heavy (non-hydrogen) atoms. The number of nitrogens with one attached hydrogen (secondary N) is 1. The first-order valence-corrected chi connectivity index (χ1v) is 10.8. The predicted octanol–water partition coefficient (Wildman–Crippen LogP) is 4.37. The average Bonchev–Trinajstić information content (AvgIpc) is 2.64. The van der Waals surface area contributed by atoms with Gasteiger partial charge >= 0.3 is 0 Å². The van der Waals surface area contributed by atoms with Crippen molar-refractivity contribution in [1.29, 1.82) is 0 Å². The van der Waals surface area contributed by atoms with Crippen LogP contribution < -0.4 is 4.72 Å². The van der Waals surface area contributed by atoms with Crippen LogP contribution in [0.25, 0.3) is 0 Å². The van der Waals surface area contributed by atoms with Crippen molar-refractivity contribution in [3.05, 3.63) is 59.2 Å². The first kappa shape index (κ1) is 21.0. The van der Waals surface area contributed by atoms with E-state index in [1.807, 2.05) is 39.8 Å². The number of carbonyl (C=O) groups is 1. The highest BCUT2D eigenvalue weighted by molar-refractivity contribution is 7.92. The second kappa shape index (κ2) is 9.04. The van der Waals surface area contributed by atoms with Crippen LogP contribution in [0.5, 0.6) is 0 Å². The number of amides is 1. The number of nitrogens with zero attached hydrogens (tertiary/aromatic N) is 1. The minimum Gasteiger partial charge on any atom is -0.339 e. The number of carbonyl (C=O) groups excluding carboxylic acids is 1. The molecule has 0 saturated heterocycles. The molecule has 5 nitrogen and oxygen atoms in total. The fraction of sp³-hybridized carbons (Fsp3) is 0.381. The molecule has 0 spiro atoms. The van der Waals surface area contributed by atoms with E-state index in [0.717, 1.165) is 24.0 Å². The third-order valence-corrected chi connectivity index (χ3v) is 5.67. The van der Waals surface area contributed by atoms with Crippen molar-refractivity contribution in [2.24, 2.45) is 0 Å². The summed E-state index contributed by atoms with van der Waals surface area (Å²) in [5, 5.41) is 0. The predicted molar refractivity (Wildman–Crippen MR) is 110 cm³/mol. The quantitative estimate of drug-likeness (QED) is 0.730. The van der Waals surface area contributed by atoms with Crippen molar-refractivity contribution in [2.75, 3.05) is 17.8 Å². The summed E-state index contributed by atoms with van der Waals surface area (Å²) < 4.78 is 28.3. The molecular formula is C21H28N2O3S. The molecule has 1 amide bonds. The second-order valence-corrected chi connectivity index (χ2v) is 8.43. The molecule has 0 aliphatic heterocycles. The van der Waals surface area contributed by atoms with Gasteiger partial charge in [0.1, 0.15) is 0 Å². The minimum atomic E-state index is -3.78. The van der Waals surface area contributed by atoms with Gasteiger partial charge in [0.2, 0.25) is 0 Å². The summed E-state index contributed by atoms with van der Waals surface area (Å²) in [4.78, 5) is 14.6. The van der Waals surface area contributed by atoms with Gasteiger partial charge in [0, 0.05) is 18.7 Å². The zero-order chi connectivity index (χ0) is 20.0. The Hall–Kier alpha value is -2.34. The highest BCUT2D eigenvalue weighted by atomic mass is 32.2. The van der Waals surface area contributed by atoms with Crippen molar-refractivity contribution in [2.45, 2.75) is 45.4 Å². The van der Waals surface area contributed by atoms with E-state index in [0.29, 0.717) is 24.3 Å². The van der Waals surface area contributed by atoms with Gasteiger partial charge in [-0.2, -0.15) is 0 Å². The maximum atomic E-state index is 12.8. The van der Waals surface area contributed by atoms with E-state index >= 15 is 0 Å². The maximum Gasteiger partial charge on any atom is 0.261 e. The van der Waals surface area contributed by atoms with E-state index < -0.39 is 10.0 Å². The van der Waals surface area contributed by atoms with Crippen LogP contribution in [0.2, 0.25) is 0 Å². The number of hydrogen-bond acceptors (Lipinski definition) is 3. The lowest BCUT2D eigenvalue weighted by atomic mass is 10.1. The lowest BCUT2D eigenvalue weighted by molar-refractivity contribution is 0.0755. The van der Waals surface area contributed by atoms with Gasteiger partial charge < -0.3 is 4.90 Å².